The van der Waals surface area contributed by atoms with Gasteiger partial charge in [-0.2, -0.15) is 0 Å². The summed E-state index contributed by atoms with van der Waals surface area (Å²) in [6.07, 6.45) is 6.62. The minimum atomic E-state index is 0. The van der Waals surface area contributed by atoms with Crippen LogP contribution in [0.1, 0.15) is 17.5 Å². The normalized spacial score (nSPS) is 10.4. The number of halogens is 3. The van der Waals surface area contributed by atoms with Gasteiger partial charge in [0.05, 0.1) is 6.33 Å². The van der Waals surface area contributed by atoms with Crippen molar-refractivity contribution in [2.24, 2.45) is 0 Å². The molecule has 3 rings (SSSR count). The maximum Gasteiger partial charge on any atom is 0.124 e. The monoisotopic (exact) mass is 425 g/mol. The van der Waals surface area contributed by atoms with E-state index < -0.39 is 0 Å². The van der Waals surface area contributed by atoms with Gasteiger partial charge in [0.2, 0.25) is 0 Å². The highest BCUT2D eigenvalue weighted by Crippen LogP contribution is 2.25. The van der Waals surface area contributed by atoms with Crippen LogP contribution in [0.2, 0.25) is 10.0 Å². The Morgan fingerprint density at radius 3 is 2.70 bits per heavy atom. The molecule has 0 atom stereocenters. The average Bonchev–Trinajstić information content (AvgIpc) is 3.15. The topological polar surface area (TPSA) is 39.1 Å². The standard InChI is InChI=1S/C20H21Cl2N3O.ClH/c21-18-6-7-20(26-14-16-4-1-2-5-19(16)22)17(12-18)13-23-8-3-10-25-11-9-24-15-25;/h1-2,4-7,9,11-12,15,23H,3,8,10,13-14H2;1H. The van der Waals surface area contributed by atoms with Crippen molar-refractivity contribution in [1.82, 2.24) is 14.9 Å². The Balaban J connectivity index is 0.00000261. The Labute approximate surface area is 175 Å². The van der Waals surface area contributed by atoms with Crippen molar-refractivity contribution in [2.75, 3.05) is 6.54 Å². The van der Waals surface area contributed by atoms with Crippen LogP contribution in [0.15, 0.2) is 61.2 Å². The van der Waals surface area contributed by atoms with Crippen LogP contribution in [0, 0.1) is 0 Å². The molecular formula is C20H22Cl3N3O. The van der Waals surface area contributed by atoms with E-state index in [0.717, 1.165) is 36.4 Å². The fourth-order valence-electron chi connectivity index (χ4n) is 2.63. The predicted molar refractivity (Wildman–Crippen MR) is 113 cm³/mol. The van der Waals surface area contributed by atoms with Crippen LogP contribution < -0.4 is 10.1 Å². The molecule has 3 aromatic rings. The van der Waals surface area contributed by atoms with Crippen molar-refractivity contribution in [1.29, 1.82) is 0 Å². The molecule has 1 heterocycles. The van der Waals surface area contributed by atoms with Gasteiger partial charge in [0, 0.05) is 46.7 Å². The number of benzene rings is 2. The second-order valence-electron chi connectivity index (χ2n) is 5.96. The molecule has 0 unspecified atom stereocenters. The van der Waals surface area contributed by atoms with Gasteiger partial charge < -0.3 is 14.6 Å². The van der Waals surface area contributed by atoms with Crippen molar-refractivity contribution >= 4 is 35.6 Å². The van der Waals surface area contributed by atoms with E-state index in [1.165, 1.54) is 0 Å². The predicted octanol–water partition coefficient (Wildman–Crippen LogP) is 5.37. The lowest BCUT2D eigenvalue weighted by Gasteiger charge is -2.13. The first kappa shape index (κ1) is 21.6. The third-order valence-electron chi connectivity index (χ3n) is 4.01. The Hall–Kier alpha value is -1.72. The molecule has 144 valence electrons. The van der Waals surface area contributed by atoms with Crippen LogP contribution in [0.25, 0.3) is 0 Å². The summed E-state index contributed by atoms with van der Waals surface area (Å²) >= 11 is 12.3. The number of aryl methyl sites for hydroxylation is 1. The second-order valence-corrected chi connectivity index (χ2v) is 6.81. The maximum absolute atomic E-state index is 6.20. The van der Waals surface area contributed by atoms with Gasteiger partial charge in [-0.25, -0.2) is 4.98 Å². The van der Waals surface area contributed by atoms with Gasteiger partial charge in [-0.05, 0) is 37.2 Å². The molecule has 0 aliphatic carbocycles. The summed E-state index contributed by atoms with van der Waals surface area (Å²) in [5.41, 5.74) is 2.00. The van der Waals surface area contributed by atoms with E-state index >= 15 is 0 Å². The minimum Gasteiger partial charge on any atom is -0.489 e. The number of rotatable bonds is 9. The summed E-state index contributed by atoms with van der Waals surface area (Å²) in [6.45, 7) is 2.96. The van der Waals surface area contributed by atoms with Gasteiger partial charge in [-0.15, -0.1) is 12.4 Å². The van der Waals surface area contributed by atoms with Crippen LogP contribution in [0.3, 0.4) is 0 Å². The summed E-state index contributed by atoms with van der Waals surface area (Å²) in [7, 11) is 0. The number of aromatic nitrogens is 2. The van der Waals surface area contributed by atoms with E-state index in [2.05, 4.69) is 14.9 Å². The first-order chi connectivity index (χ1) is 12.7. The largest absolute Gasteiger partial charge is 0.489 e. The molecule has 7 heteroatoms. The molecule has 27 heavy (non-hydrogen) atoms. The highest BCUT2D eigenvalue weighted by molar-refractivity contribution is 6.31. The number of ether oxygens (including phenoxy) is 1. The maximum atomic E-state index is 6.20. The van der Waals surface area contributed by atoms with Crippen molar-refractivity contribution in [3.8, 4) is 5.75 Å². The van der Waals surface area contributed by atoms with E-state index in [9.17, 15) is 0 Å². The number of imidazole rings is 1. The summed E-state index contributed by atoms with van der Waals surface area (Å²) < 4.78 is 8.05. The third-order valence-corrected chi connectivity index (χ3v) is 4.61. The Kier molecular flexibility index (Phi) is 8.95. The first-order valence-electron chi connectivity index (χ1n) is 8.53. The van der Waals surface area contributed by atoms with Gasteiger partial charge in [0.1, 0.15) is 12.4 Å². The van der Waals surface area contributed by atoms with E-state index in [1.54, 1.807) is 6.20 Å². The lowest BCUT2D eigenvalue weighted by molar-refractivity contribution is 0.302. The molecule has 0 radical (unpaired) electrons. The highest BCUT2D eigenvalue weighted by Gasteiger charge is 2.07. The van der Waals surface area contributed by atoms with E-state index in [-0.39, 0.29) is 12.4 Å². The molecule has 0 fully saturated rings. The third kappa shape index (κ3) is 6.74. The lowest BCUT2D eigenvalue weighted by atomic mass is 10.2. The number of nitrogens with one attached hydrogen (secondary N) is 1. The molecule has 0 spiro atoms. The molecule has 0 aliphatic rings. The SMILES string of the molecule is Cl.Clc1ccc(OCc2ccccc2Cl)c(CNCCCn2ccnc2)c1. The zero-order valence-corrected chi connectivity index (χ0v) is 17.1. The van der Waals surface area contributed by atoms with E-state index in [0.29, 0.717) is 23.2 Å². The van der Waals surface area contributed by atoms with Gasteiger partial charge >= 0.3 is 0 Å². The molecule has 0 amide bonds. The van der Waals surface area contributed by atoms with E-state index in [1.807, 2.05) is 55.0 Å². The summed E-state index contributed by atoms with van der Waals surface area (Å²) in [5, 5.41) is 4.85. The first-order valence-corrected chi connectivity index (χ1v) is 9.29. The van der Waals surface area contributed by atoms with Gasteiger partial charge in [0.25, 0.3) is 0 Å². The molecule has 2 aromatic carbocycles. The molecule has 0 aliphatic heterocycles. The second kappa shape index (κ2) is 11.2. The van der Waals surface area contributed by atoms with Crippen molar-refractivity contribution in [2.45, 2.75) is 26.1 Å². The minimum absolute atomic E-state index is 0. The molecule has 0 saturated heterocycles. The quantitative estimate of drug-likeness (QED) is 0.467. The molecule has 1 aromatic heterocycles. The average molecular weight is 427 g/mol. The van der Waals surface area contributed by atoms with Crippen molar-refractivity contribution in [3.05, 3.63) is 82.4 Å². The van der Waals surface area contributed by atoms with Crippen LogP contribution in [0.4, 0.5) is 0 Å². The van der Waals surface area contributed by atoms with Crippen molar-refractivity contribution in [3.63, 3.8) is 0 Å². The van der Waals surface area contributed by atoms with Crippen LogP contribution in [-0.4, -0.2) is 16.1 Å². The smallest absolute Gasteiger partial charge is 0.124 e. The zero-order valence-electron chi connectivity index (χ0n) is 14.8. The number of nitrogens with zero attached hydrogens (tertiary/aromatic N) is 2. The Bertz CT molecular complexity index is 825. The number of hydrogen-bond donors (Lipinski definition) is 1. The molecule has 4 nitrogen and oxygen atoms in total. The van der Waals surface area contributed by atoms with Crippen LogP contribution in [0.5, 0.6) is 5.75 Å². The fourth-order valence-corrected chi connectivity index (χ4v) is 3.01. The summed E-state index contributed by atoms with van der Waals surface area (Å²) in [5.74, 6) is 0.816. The summed E-state index contributed by atoms with van der Waals surface area (Å²) in [6, 6.07) is 13.4. The molecule has 0 saturated carbocycles. The van der Waals surface area contributed by atoms with Crippen LogP contribution >= 0.6 is 35.6 Å². The van der Waals surface area contributed by atoms with Crippen LogP contribution in [-0.2, 0) is 19.7 Å². The van der Waals surface area contributed by atoms with Gasteiger partial charge in [-0.1, -0.05) is 41.4 Å². The molecule has 0 bridgehead atoms. The zero-order chi connectivity index (χ0) is 18.2. The highest BCUT2D eigenvalue weighted by atomic mass is 35.5. The van der Waals surface area contributed by atoms with Crippen molar-refractivity contribution < 1.29 is 4.74 Å². The van der Waals surface area contributed by atoms with E-state index in [4.69, 9.17) is 27.9 Å². The fraction of sp³-hybridized carbons (Fsp3) is 0.250. The van der Waals surface area contributed by atoms with Gasteiger partial charge in [0.15, 0.2) is 0 Å². The van der Waals surface area contributed by atoms with Gasteiger partial charge in [-0.3, -0.25) is 0 Å². The summed E-state index contributed by atoms with van der Waals surface area (Å²) in [4.78, 5) is 4.04. The lowest BCUT2D eigenvalue weighted by Crippen LogP contribution is -2.17. The molecule has 1 N–H and O–H groups in total. The molecular weight excluding hydrogens is 405 g/mol. The Morgan fingerprint density at radius 1 is 1.07 bits per heavy atom. The Morgan fingerprint density at radius 2 is 1.93 bits per heavy atom. The number of hydrogen-bond acceptors (Lipinski definition) is 3.